The molecule has 0 saturated carbocycles. The van der Waals surface area contributed by atoms with E-state index in [0.29, 0.717) is 18.1 Å². The fourth-order valence-corrected chi connectivity index (χ4v) is 2.71. The van der Waals surface area contributed by atoms with Gasteiger partial charge in [0, 0.05) is 11.3 Å². The van der Waals surface area contributed by atoms with E-state index in [1.165, 1.54) is 0 Å². The zero-order valence-electron chi connectivity index (χ0n) is 9.65. The molecule has 6 heteroatoms. The number of aromatic nitrogens is 2. The molecule has 0 aliphatic rings. The van der Waals surface area contributed by atoms with Crippen LogP contribution in [-0.2, 0) is 11.2 Å². The highest BCUT2D eigenvalue weighted by Crippen LogP contribution is 2.31. The minimum atomic E-state index is -0.856. The van der Waals surface area contributed by atoms with Gasteiger partial charge in [-0.1, -0.05) is 0 Å². The van der Waals surface area contributed by atoms with Gasteiger partial charge in [0.2, 0.25) is 0 Å². The number of hydrogen-bond acceptors (Lipinski definition) is 5. The van der Waals surface area contributed by atoms with Gasteiger partial charge in [0.1, 0.15) is 16.5 Å². The Hall–Kier alpha value is -1.69. The number of nitrogen functional groups attached to an aromatic ring is 1. The first-order valence-corrected chi connectivity index (χ1v) is 6.04. The molecular weight excluding hydrogens is 238 g/mol. The third-order valence-electron chi connectivity index (χ3n) is 2.67. The average molecular weight is 251 g/mol. The number of aliphatic carboxylic acids is 1. The minimum Gasteiger partial charge on any atom is -0.481 e. The first kappa shape index (κ1) is 11.8. The monoisotopic (exact) mass is 251 g/mol. The van der Waals surface area contributed by atoms with Gasteiger partial charge in [0.25, 0.3) is 0 Å². The first-order valence-electron chi connectivity index (χ1n) is 5.23. The summed E-state index contributed by atoms with van der Waals surface area (Å²) in [5.74, 6) is 0.0849. The van der Waals surface area contributed by atoms with Crippen LogP contribution >= 0.6 is 11.3 Å². The summed E-state index contributed by atoms with van der Waals surface area (Å²) in [5, 5.41) is 9.52. The van der Waals surface area contributed by atoms with Gasteiger partial charge < -0.3 is 10.8 Å². The predicted octanol–water partition coefficient (Wildman–Crippen LogP) is 1.91. The summed E-state index contributed by atoms with van der Waals surface area (Å²) < 4.78 is 0. The predicted molar refractivity (Wildman–Crippen MR) is 67.3 cm³/mol. The Bertz CT molecular complexity index is 592. The maximum atomic E-state index is 10.5. The Balaban J connectivity index is 2.45. The van der Waals surface area contributed by atoms with Gasteiger partial charge in [0.05, 0.1) is 11.8 Å². The number of aryl methyl sites for hydroxylation is 3. The zero-order chi connectivity index (χ0) is 12.6. The lowest BCUT2D eigenvalue weighted by Crippen LogP contribution is -2.04. The van der Waals surface area contributed by atoms with Crippen molar-refractivity contribution in [2.24, 2.45) is 0 Å². The van der Waals surface area contributed by atoms with Crippen LogP contribution in [0.3, 0.4) is 0 Å². The molecule has 0 fully saturated rings. The van der Waals surface area contributed by atoms with E-state index in [9.17, 15) is 4.79 Å². The van der Waals surface area contributed by atoms with Crippen molar-refractivity contribution in [2.75, 3.05) is 5.73 Å². The molecule has 2 aromatic rings. The molecule has 0 aliphatic carbocycles. The molecule has 0 radical (unpaired) electrons. The lowest BCUT2D eigenvalue weighted by molar-refractivity contribution is -0.137. The highest BCUT2D eigenvalue weighted by atomic mass is 32.1. The maximum Gasteiger partial charge on any atom is 0.303 e. The summed E-state index contributed by atoms with van der Waals surface area (Å²) in [6, 6.07) is 0. The van der Waals surface area contributed by atoms with Crippen LogP contribution in [0.15, 0.2) is 0 Å². The minimum absolute atomic E-state index is 0.0221. The summed E-state index contributed by atoms with van der Waals surface area (Å²) in [7, 11) is 0. The molecule has 2 rings (SSSR count). The Labute approximate surface area is 102 Å². The fraction of sp³-hybridized carbons (Fsp3) is 0.364. The van der Waals surface area contributed by atoms with Gasteiger partial charge in [-0.05, 0) is 19.4 Å². The van der Waals surface area contributed by atoms with Gasteiger partial charge in [-0.2, -0.15) is 0 Å². The van der Waals surface area contributed by atoms with Gasteiger partial charge in [-0.25, -0.2) is 9.97 Å². The third-order valence-corrected chi connectivity index (χ3v) is 3.77. The molecule has 0 spiro atoms. The number of nitrogens with zero attached hydrogens (tertiary/aromatic N) is 2. The number of rotatable bonds is 3. The van der Waals surface area contributed by atoms with E-state index in [2.05, 4.69) is 9.97 Å². The van der Waals surface area contributed by atoms with Crippen LogP contribution in [0.2, 0.25) is 0 Å². The van der Waals surface area contributed by atoms with Gasteiger partial charge in [-0.15, -0.1) is 11.3 Å². The summed E-state index contributed by atoms with van der Waals surface area (Å²) >= 11 is 1.56. The number of carboxylic acid groups (broad SMARTS) is 1. The fourth-order valence-electron chi connectivity index (χ4n) is 1.66. The molecule has 0 saturated heterocycles. The standard InChI is InChI=1S/C11H13N3O2S/c1-5-6(2)17-11-9(5)10(12)13-7(14-11)3-4-8(15)16/h3-4H2,1-2H3,(H,15,16)(H2,12,13,14). The van der Waals surface area contributed by atoms with Gasteiger partial charge in [-0.3, -0.25) is 4.79 Å². The first-order chi connectivity index (χ1) is 7.99. The second-order valence-electron chi connectivity index (χ2n) is 3.88. The summed E-state index contributed by atoms with van der Waals surface area (Å²) in [4.78, 5) is 21.0. The maximum absolute atomic E-state index is 10.5. The number of anilines is 1. The molecule has 0 amide bonds. The van der Waals surface area contributed by atoms with Crippen LogP contribution in [0, 0.1) is 13.8 Å². The van der Waals surface area contributed by atoms with E-state index < -0.39 is 5.97 Å². The van der Waals surface area contributed by atoms with E-state index >= 15 is 0 Å². The van der Waals surface area contributed by atoms with Crippen molar-refractivity contribution < 1.29 is 9.90 Å². The number of carboxylic acids is 1. The van der Waals surface area contributed by atoms with Crippen LogP contribution in [0.25, 0.3) is 10.2 Å². The Morgan fingerprint density at radius 2 is 2.12 bits per heavy atom. The molecule has 0 atom stereocenters. The largest absolute Gasteiger partial charge is 0.481 e. The molecule has 0 bridgehead atoms. The van der Waals surface area contributed by atoms with E-state index in [1.54, 1.807) is 11.3 Å². The SMILES string of the molecule is Cc1sc2nc(CCC(=O)O)nc(N)c2c1C. The lowest BCUT2D eigenvalue weighted by Gasteiger charge is -2.01. The highest BCUT2D eigenvalue weighted by molar-refractivity contribution is 7.18. The van der Waals surface area contributed by atoms with Crippen molar-refractivity contribution in [1.82, 2.24) is 9.97 Å². The molecule has 3 N–H and O–H groups in total. The van der Waals surface area contributed by atoms with E-state index in [-0.39, 0.29) is 6.42 Å². The van der Waals surface area contributed by atoms with Crippen LogP contribution in [0.1, 0.15) is 22.7 Å². The third kappa shape index (κ3) is 2.21. The molecule has 5 nitrogen and oxygen atoms in total. The molecule has 17 heavy (non-hydrogen) atoms. The van der Waals surface area contributed by atoms with Crippen molar-refractivity contribution in [3.63, 3.8) is 0 Å². The molecule has 2 aromatic heterocycles. The highest BCUT2D eigenvalue weighted by Gasteiger charge is 2.12. The zero-order valence-corrected chi connectivity index (χ0v) is 10.5. The van der Waals surface area contributed by atoms with Crippen molar-refractivity contribution in [3.05, 3.63) is 16.3 Å². The average Bonchev–Trinajstić information content (AvgIpc) is 2.52. The van der Waals surface area contributed by atoms with Crippen molar-refractivity contribution in [3.8, 4) is 0 Å². The van der Waals surface area contributed by atoms with E-state index in [4.69, 9.17) is 10.8 Å². The van der Waals surface area contributed by atoms with Crippen LogP contribution in [0.5, 0.6) is 0 Å². The molecule has 2 heterocycles. The number of nitrogens with two attached hydrogens (primary N) is 1. The second-order valence-corrected chi connectivity index (χ2v) is 5.09. The van der Waals surface area contributed by atoms with Crippen LogP contribution in [-0.4, -0.2) is 21.0 Å². The molecule has 90 valence electrons. The summed E-state index contributed by atoms with van der Waals surface area (Å²) in [5.41, 5.74) is 6.99. The van der Waals surface area contributed by atoms with Gasteiger partial charge >= 0.3 is 5.97 Å². The molecule has 0 aromatic carbocycles. The number of hydrogen-bond donors (Lipinski definition) is 2. The lowest BCUT2D eigenvalue weighted by atomic mass is 10.2. The Morgan fingerprint density at radius 3 is 2.76 bits per heavy atom. The Kier molecular flexibility index (Phi) is 2.97. The number of thiophene rings is 1. The smallest absolute Gasteiger partial charge is 0.303 e. The normalized spacial score (nSPS) is 10.9. The van der Waals surface area contributed by atoms with Crippen LogP contribution < -0.4 is 5.73 Å². The van der Waals surface area contributed by atoms with E-state index in [1.807, 2.05) is 13.8 Å². The quantitative estimate of drug-likeness (QED) is 0.869. The summed E-state index contributed by atoms with van der Waals surface area (Å²) in [6.45, 7) is 4.00. The van der Waals surface area contributed by atoms with Crippen molar-refractivity contribution in [2.45, 2.75) is 26.7 Å². The molecule has 0 unspecified atom stereocenters. The second kappa shape index (κ2) is 4.29. The van der Waals surface area contributed by atoms with Crippen molar-refractivity contribution in [1.29, 1.82) is 0 Å². The molecule has 0 aliphatic heterocycles. The van der Waals surface area contributed by atoms with Crippen molar-refractivity contribution >= 4 is 33.3 Å². The Morgan fingerprint density at radius 1 is 1.41 bits per heavy atom. The number of carbonyl (C=O) groups is 1. The van der Waals surface area contributed by atoms with E-state index in [0.717, 1.165) is 20.7 Å². The van der Waals surface area contributed by atoms with Gasteiger partial charge in [0.15, 0.2) is 0 Å². The topological polar surface area (TPSA) is 89.1 Å². The van der Waals surface area contributed by atoms with Crippen LogP contribution in [0.4, 0.5) is 5.82 Å². The number of fused-ring (bicyclic) bond motifs is 1. The molecular formula is C11H13N3O2S. The summed E-state index contributed by atoms with van der Waals surface area (Å²) in [6.07, 6.45) is 0.333.